The SMILES string of the molecule is C=CCn1c(=NC(=O)c2ccc(OC)c(OC)c2)sc2ccc([N+](=O)[O-])cc21. The van der Waals surface area contributed by atoms with Gasteiger partial charge in [-0.25, -0.2) is 0 Å². The van der Waals surface area contributed by atoms with E-state index < -0.39 is 10.8 Å². The quantitative estimate of drug-likeness (QED) is 0.359. The molecule has 0 aliphatic heterocycles. The van der Waals surface area contributed by atoms with Gasteiger partial charge in [-0.15, -0.1) is 6.58 Å². The monoisotopic (exact) mass is 399 g/mol. The summed E-state index contributed by atoms with van der Waals surface area (Å²) in [5.74, 6) is 0.476. The molecule has 0 N–H and O–H groups in total. The van der Waals surface area contributed by atoms with Crippen molar-refractivity contribution in [3.8, 4) is 11.5 Å². The first kappa shape index (κ1) is 19.3. The minimum Gasteiger partial charge on any atom is -0.493 e. The zero-order valence-corrected chi connectivity index (χ0v) is 16.1. The summed E-state index contributed by atoms with van der Waals surface area (Å²) in [6.45, 7) is 4.07. The number of non-ortho nitro benzene ring substituents is 1. The zero-order valence-electron chi connectivity index (χ0n) is 15.2. The van der Waals surface area contributed by atoms with E-state index >= 15 is 0 Å². The summed E-state index contributed by atoms with van der Waals surface area (Å²) in [6.07, 6.45) is 1.64. The minimum atomic E-state index is -0.458. The highest BCUT2D eigenvalue weighted by atomic mass is 32.1. The zero-order chi connectivity index (χ0) is 20.3. The van der Waals surface area contributed by atoms with Gasteiger partial charge in [0.1, 0.15) is 0 Å². The second-order valence-corrected chi connectivity index (χ2v) is 6.69. The number of hydrogen-bond acceptors (Lipinski definition) is 6. The van der Waals surface area contributed by atoms with Crippen LogP contribution in [0.1, 0.15) is 10.4 Å². The highest BCUT2D eigenvalue weighted by molar-refractivity contribution is 7.16. The molecule has 0 fully saturated rings. The van der Waals surface area contributed by atoms with E-state index in [9.17, 15) is 14.9 Å². The van der Waals surface area contributed by atoms with Crippen LogP contribution < -0.4 is 14.3 Å². The van der Waals surface area contributed by atoms with Gasteiger partial charge in [0.05, 0.1) is 29.4 Å². The molecule has 0 atom stereocenters. The number of thiazole rings is 1. The van der Waals surface area contributed by atoms with Crippen LogP contribution in [0.15, 0.2) is 54.0 Å². The molecule has 0 radical (unpaired) electrons. The Labute approximate surface area is 164 Å². The van der Waals surface area contributed by atoms with Crippen LogP contribution in [0, 0.1) is 10.1 Å². The average molecular weight is 399 g/mol. The number of nitro groups is 1. The van der Waals surface area contributed by atoms with Crippen LogP contribution in [0.2, 0.25) is 0 Å². The number of amides is 1. The van der Waals surface area contributed by atoms with Gasteiger partial charge in [0, 0.05) is 24.2 Å². The first-order chi connectivity index (χ1) is 13.5. The van der Waals surface area contributed by atoms with Crippen molar-refractivity contribution in [2.24, 2.45) is 4.99 Å². The van der Waals surface area contributed by atoms with E-state index in [0.717, 1.165) is 4.70 Å². The molecule has 1 amide bonds. The van der Waals surface area contributed by atoms with Gasteiger partial charge in [-0.1, -0.05) is 17.4 Å². The maximum Gasteiger partial charge on any atom is 0.279 e. The molecule has 1 aromatic heterocycles. The van der Waals surface area contributed by atoms with Gasteiger partial charge in [0.2, 0.25) is 0 Å². The predicted molar refractivity (Wildman–Crippen MR) is 106 cm³/mol. The van der Waals surface area contributed by atoms with Gasteiger partial charge < -0.3 is 14.0 Å². The Balaban J connectivity index is 2.12. The van der Waals surface area contributed by atoms with E-state index in [0.29, 0.717) is 33.9 Å². The summed E-state index contributed by atoms with van der Waals surface area (Å²) in [5, 5.41) is 11.1. The van der Waals surface area contributed by atoms with Crippen LogP contribution in [-0.2, 0) is 6.54 Å². The fourth-order valence-corrected chi connectivity index (χ4v) is 3.70. The Hall–Kier alpha value is -3.46. The molecule has 0 bridgehead atoms. The lowest BCUT2D eigenvalue weighted by atomic mass is 10.2. The Morgan fingerprint density at radius 2 is 2.00 bits per heavy atom. The van der Waals surface area contributed by atoms with Gasteiger partial charge in [-0.2, -0.15) is 4.99 Å². The summed E-state index contributed by atoms with van der Waals surface area (Å²) in [6, 6.07) is 9.33. The van der Waals surface area contributed by atoms with Gasteiger partial charge >= 0.3 is 0 Å². The third kappa shape index (κ3) is 3.65. The van der Waals surface area contributed by atoms with E-state index in [1.54, 1.807) is 34.9 Å². The second-order valence-electron chi connectivity index (χ2n) is 5.68. The molecule has 0 unspecified atom stereocenters. The Bertz CT molecular complexity index is 1150. The number of benzene rings is 2. The number of allylic oxidation sites excluding steroid dienone is 1. The maximum atomic E-state index is 12.7. The van der Waals surface area contributed by atoms with E-state index in [1.165, 1.54) is 37.7 Å². The molecule has 0 aliphatic carbocycles. The molecule has 28 heavy (non-hydrogen) atoms. The summed E-state index contributed by atoms with van der Waals surface area (Å²) in [4.78, 5) is 28.0. The van der Waals surface area contributed by atoms with Crippen LogP contribution in [0.4, 0.5) is 5.69 Å². The number of carbonyl (C=O) groups is 1. The number of hydrogen-bond donors (Lipinski definition) is 0. The van der Waals surface area contributed by atoms with E-state index in [2.05, 4.69) is 11.6 Å². The van der Waals surface area contributed by atoms with Gasteiger partial charge in [0.25, 0.3) is 11.6 Å². The first-order valence-corrected chi connectivity index (χ1v) is 9.00. The fourth-order valence-electron chi connectivity index (χ4n) is 2.68. The summed E-state index contributed by atoms with van der Waals surface area (Å²) in [7, 11) is 3.00. The van der Waals surface area contributed by atoms with Crippen LogP contribution in [0.25, 0.3) is 10.2 Å². The largest absolute Gasteiger partial charge is 0.493 e. The lowest BCUT2D eigenvalue weighted by molar-refractivity contribution is -0.384. The molecule has 0 spiro atoms. The number of nitro benzene ring substituents is 1. The second kappa shape index (κ2) is 8.05. The third-order valence-electron chi connectivity index (χ3n) is 4.02. The van der Waals surface area contributed by atoms with Crippen molar-refractivity contribution in [3.63, 3.8) is 0 Å². The van der Waals surface area contributed by atoms with Gasteiger partial charge in [-0.3, -0.25) is 14.9 Å². The van der Waals surface area contributed by atoms with Crippen molar-refractivity contribution >= 4 is 33.1 Å². The lowest BCUT2D eigenvalue weighted by Gasteiger charge is -2.07. The van der Waals surface area contributed by atoms with Crippen molar-refractivity contribution in [2.45, 2.75) is 6.54 Å². The number of ether oxygens (including phenoxy) is 2. The first-order valence-electron chi connectivity index (χ1n) is 8.18. The van der Waals surface area contributed by atoms with Crippen LogP contribution >= 0.6 is 11.3 Å². The molecule has 0 saturated carbocycles. The molecule has 2 aromatic carbocycles. The lowest BCUT2D eigenvalue weighted by Crippen LogP contribution is -2.16. The molecule has 0 saturated heterocycles. The number of methoxy groups -OCH3 is 2. The molecule has 3 rings (SSSR count). The van der Waals surface area contributed by atoms with Crippen molar-refractivity contribution in [1.82, 2.24) is 4.57 Å². The fraction of sp³-hybridized carbons (Fsp3) is 0.158. The number of aromatic nitrogens is 1. The highest BCUT2D eigenvalue weighted by Gasteiger charge is 2.14. The van der Waals surface area contributed by atoms with E-state index in [-0.39, 0.29) is 5.69 Å². The van der Waals surface area contributed by atoms with Crippen molar-refractivity contribution in [3.05, 3.63) is 69.5 Å². The molecule has 0 aliphatic rings. The smallest absolute Gasteiger partial charge is 0.279 e. The molecular formula is C19H17N3O5S. The van der Waals surface area contributed by atoms with Gasteiger partial charge in [-0.05, 0) is 24.3 Å². The molecular weight excluding hydrogens is 382 g/mol. The Morgan fingerprint density at radius 3 is 2.64 bits per heavy atom. The van der Waals surface area contributed by atoms with Crippen molar-refractivity contribution in [1.29, 1.82) is 0 Å². The molecule has 9 heteroatoms. The predicted octanol–water partition coefficient (Wildman–Crippen LogP) is 3.56. The molecule has 1 heterocycles. The highest BCUT2D eigenvalue weighted by Crippen LogP contribution is 2.28. The van der Waals surface area contributed by atoms with Crippen molar-refractivity contribution in [2.75, 3.05) is 14.2 Å². The van der Waals surface area contributed by atoms with E-state index in [1.807, 2.05) is 0 Å². The average Bonchev–Trinajstić information content (AvgIpc) is 3.03. The normalized spacial score (nSPS) is 11.4. The maximum absolute atomic E-state index is 12.7. The molecule has 8 nitrogen and oxygen atoms in total. The summed E-state index contributed by atoms with van der Waals surface area (Å²) >= 11 is 1.27. The Kier molecular flexibility index (Phi) is 5.55. The third-order valence-corrected chi connectivity index (χ3v) is 5.08. The molecule has 144 valence electrons. The minimum absolute atomic E-state index is 0.0270. The number of carbonyl (C=O) groups excluding carboxylic acids is 1. The van der Waals surface area contributed by atoms with Crippen molar-refractivity contribution < 1.29 is 19.2 Å². The molecule has 3 aromatic rings. The Morgan fingerprint density at radius 1 is 1.25 bits per heavy atom. The summed E-state index contributed by atoms with van der Waals surface area (Å²) in [5.41, 5.74) is 0.935. The topological polar surface area (TPSA) is 96.0 Å². The number of fused-ring (bicyclic) bond motifs is 1. The van der Waals surface area contributed by atoms with Crippen LogP contribution in [-0.4, -0.2) is 29.6 Å². The van der Waals surface area contributed by atoms with Crippen LogP contribution in [0.5, 0.6) is 11.5 Å². The van der Waals surface area contributed by atoms with Crippen LogP contribution in [0.3, 0.4) is 0 Å². The van der Waals surface area contributed by atoms with E-state index in [4.69, 9.17) is 9.47 Å². The number of rotatable bonds is 6. The van der Waals surface area contributed by atoms with Gasteiger partial charge in [0.15, 0.2) is 16.3 Å². The standard InChI is InChI=1S/C19H17N3O5S/c1-4-9-21-14-11-13(22(24)25)6-8-17(14)28-19(21)20-18(23)12-5-7-15(26-2)16(10-12)27-3/h4-8,10-11H,1,9H2,2-3H3. The number of nitrogens with zero attached hydrogens (tertiary/aromatic N) is 3. The summed E-state index contributed by atoms with van der Waals surface area (Å²) < 4.78 is 12.9.